The van der Waals surface area contributed by atoms with Crippen LogP contribution in [0.2, 0.25) is 0 Å². The minimum absolute atomic E-state index is 0.332. The second-order valence-corrected chi connectivity index (χ2v) is 6.64. The van der Waals surface area contributed by atoms with Gasteiger partial charge in [-0.1, -0.05) is 20.8 Å². The third kappa shape index (κ3) is 1.79. The molecular formula is C17H25N. The van der Waals surface area contributed by atoms with Gasteiger partial charge < -0.3 is 0 Å². The van der Waals surface area contributed by atoms with Crippen molar-refractivity contribution in [3.63, 3.8) is 0 Å². The van der Waals surface area contributed by atoms with Crippen LogP contribution in [-0.2, 0) is 31.1 Å². The zero-order chi connectivity index (χ0) is 12.8. The summed E-state index contributed by atoms with van der Waals surface area (Å²) in [7, 11) is 0. The highest BCUT2D eigenvalue weighted by molar-refractivity contribution is 5.47. The van der Waals surface area contributed by atoms with E-state index < -0.39 is 0 Å². The largest absolute Gasteiger partial charge is 0.257 e. The lowest BCUT2D eigenvalue weighted by molar-refractivity contribution is 0.488. The molecule has 0 bridgehead atoms. The molecule has 0 radical (unpaired) electrons. The van der Waals surface area contributed by atoms with Gasteiger partial charge >= 0.3 is 0 Å². The lowest BCUT2D eigenvalue weighted by atomic mass is 9.74. The van der Waals surface area contributed by atoms with E-state index in [-0.39, 0.29) is 0 Å². The molecule has 0 saturated carbocycles. The smallest absolute Gasteiger partial charge is 0.0442 e. The van der Waals surface area contributed by atoms with Gasteiger partial charge in [0.1, 0.15) is 0 Å². The van der Waals surface area contributed by atoms with Crippen LogP contribution in [-0.4, -0.2) is 4.98 Å². The van der Waals surface area contributed by atoms with Crippen molar-refractivity contribution in [2.45, 2.75) is 77.6 Å². The van der Waals surface area contributed by atoms with E-state index in [1.165, 1.54) is 62.8 Å². The second-order valence-electron chi connectivity index (χ2n) is 6.64. The number of hydrogen-bond acceptors (Lipinski definition) is 1. The average molecular weight is 243 g/mol. The number of rotatable bonds is 2. The van der Waals surface area contributed by atoms with Gasteiger partial charge in [-0.2, -0.15) is 0 Å². The van der Waals surface area contributed by atoms with E-state index >= 15 is 0 Å². The Balaban J connectivity index is 2.23. The van der Waals surface area contributed by atoms with Gasteiger partial charge in [-0.3, -0.25) is 4.98 Å². The number of nitrogens with zero attached hydrogens (tertiary/aromatic N) is 1. The van der Waals surface area contributed by atoms with Crippen molar-refractivity contribution < 1.29 is 0 Å². The molecule has 0 spiro atoms. The van der Waals surface area contributed by atoms with Crippen LogP contribution in [0.5, 0.6) is 0 Å². The summed E-state index contributed by atoms with van der Waals surface area (Å²) in [5.41, 5.74) is 8.17. The molecule has 0 atom stereocenters. The highest BCUT2D eigenvalue weighted by atomic mass is 14.7. The summed E-state index contributed by atoms with van der Waals surface area (Å²) in [6.45, 7) is 7.18. The van der Waals surface area contributed by atoms with Crippen molar-refractivity contribution in [2.75, 3.05) is 0 Å². The summed E-state index contributed by atoms with van der Waals surface area (Å²) in [6.07, 6.45) is 10.2. The van der Waals surface area contributed by atoms with Crippen LogP contribution in [0.3, 0.4) is 0 Å². The van der Waals surface area contributed by atoms with E-state index in [9.17, 15) is 0 Å². The van der Waals surface area contributed by atoms with E-state index in [0.717, 1.165) is 0 Å². The van der Waals surface area contributed by atoms with E-state index in [4.69, 9.17) is 4.98 Å². The SMILES string of the molecule is CCC(C)(C)c1c2c(nc3c1CCC3)CCCC2. The summed E-state index contributed by atoms with van der Waals surface area (Å²) in [5.74, 6) is 0. The van der Waals surface area contributed by atoms with Crippen LogP contribution in [0.1, 0.15) is 74.5 Å². The Morgan fingerprint density at radius 2 is 1.44 bits per heavy atom. The van der Waals surface area contributed by atoms with Crippen molar-refractivity contribution >= 4 is 0 Å². The molecule has 0 saturated heterocycles. The minimum Gasteiger partial charge on any atom is -0.257 e. The fourth-order valence-corrected chi connectivity index (χ4v) is 3.74. The number of hydrogen-bond donors (Lipinski definition) is 0. The lowest BCUT2D eigenvalue weighted by Crippen LogP contribution is -2.24. The monoisotopic (exact) mass is 243 g/mol. The molecule has 0 unspecified atom stereocenters. The maximum atomic E-state index is 5.00. The first-order valence-electron chi connectivity index (χ1n) is 7.67. The first kappa shape index (κ1) is 12.2. The van der Waals surface area contributed by atoms with Crippen LogP contribution in [0, 0.1) is 0 Å². The third-order valence-electron chi connectivity index (χ3n) is 5.06. The molecule has 1 heteroatoms. The summed E-state index contributed by atoms with van der Waals surface area (Å²) in [5, 5.41) is 0. The number of aryl methyl sites for hydroxylation is 2. The van der Waals surface area contributed by atoms with Crippen LogP contribution < -0.4 is 0 Å². The second kappa shape index (κ2) is 4.36. The van der Waals surface area contributed by atoms with Crippen LogP contribution in [0.25, 0.3) is 0 Å². The molecule has 1 aromatic rings. The molecule has 1 nitrogen and oxygen atoms in total. The molecular weight excluding hydrogens is 218 g/mol. The molecule has 3 rings (SSSR count). The maximum Gasteiger partial charge on any atom is 0.0442 e. The Hall–Kier alpha value is -0.850. The molecule has 0 aromatic carbocycles. The van der Waals surface area contributed by atoms with Crippen molar-refractivity contribution in [2.24, 2.45) is 0 Å². The zero-order valence-corrected chi connectivity index (χ0v) is 12.1. The van der Waals surface area contributed by atoms with Gasteiger partial charge in [0.2, 0.25) is 0 Å². The molecule has 18 heavy (non-hydrogen) atoms. The predicted octanol–water partition coefficient (Wildman–Crippen LogP) is 4.14. The van der Waals surface area contributed by atoms with E-state index in [1.54, 1.807) is 16.7 Å². The highest BCUT2D eigenvalue weighted by Gasteiger charge is 2.31. The Bertz CT molecular complexity index is 471. The standard InChI is InChI=1S/C17H25N/c1-4-17(2,3)16-12-8-5-6-10-14(12)18-15-11-7-9-13(15)16/h4-11H2,1-3H3. The molecule has 0 aliphatic heterocycles. The zero-order valence-electron chi connectivity index (χ0n) is 12.1. The quantitative estimate of drug-likeness (QED) is 0.761. The number of aromatic nitrogens is 1. The van der Waals surface area contributed by atoms with Crippen LogP contribution in [0.15, 0.2) is 0 Å². The van der Waals surface area contributed by atoms with E-state index in [2.05, 4.69) is 20.8 Å². The Labute approximate surface area is 111 Å². The van der Waals surface area contributed by atoms with Crippen LogP contribution in [0.4, 0.5) is 0 Å². The predicted molar refractivity (Wildman–Crippen MR) is 76.2 cm³/mol. The molecule has 2 aliphatic carbocycles. The number of pyridine rings is 1. The van der Waals surface area contributed by atoms with Gasteiger partial charge in [0, 0.05) is 11.4 Å². The van der Waals surface area contributed by atoms with Crippen molar-refractivity contribution in [3.05, 3.63) is 28.1 Å². The Kier molecular flexibility index (Phi) is 2.96. The first-order valence-corrected chi connectivity index (χ1v) is 7.67. The highest BCUT2D eigenvalue weighted by Crippen LogP contribution is 2.40. The van der Waals surface area contributed by atoms with Gasteiger partial charge in [-0.05, 0) is 73.5 Å². The average Bonchev–Trinajstić information content (AvgIpc) is 2.82. The fourth-order valence-electron chi connectivity index (χ4n) is 3.74. The lowest BCUT2D eigenvalue weighted by Gasteiger charge is -2.32. The summed E-state index contributed by atoms with van der Waals surface area (Å²) < 4.78 is 0. The Morgan fingerprint density at radius 1 is 0.889 bits per heavy atom. The molecule has 1 heterocycles. The minimum atomic E-state index is 0.332. The summed E-state index contributed by atoms with van der Waals surface area (Å²) >= 11 is 0. The topological polar surface area (TPSA) is 12.9 Å². The summed E-state index contributed by atoms with van der Waals surface area (Å²) in [6, 6.07) is 0. The molecule has 98 valence electrons. The van der Waals surface area contributed by atoms with Crippen molar-refractivity contribution in [3.8, 4) is 0 Å². The molecule has 0 N–H and O–H groups in total. The molecule has 1 aromatic heterocycles. The van der Waals surface area contributed by atoms with Crippen molar-refractivity contribution in [1.29, 1.82) is 0 Å². The Morgan fingerprint density at radius 3 is 2.11 bits per heavy atom. The third-order valence-corrected chi connectivity index (χ3v) is 5.06. The first-order chi connectivity index (χ1) is 8.63. The molecule has 0 fully saturated rings. The van der Waals surface area contributed by atoms with Gasteiger partial charge in [0.15, 0.2) is 0 Å². The maximum absolute atomic E-state index is 5.00. The van der Waals surface area contributed by atoms with Gasteiger partial charge in [0.25, 0.3) is 0 Å². The van der Waals surface area contributed by atoms with E-state index in [1.807, 2.05) is 0 Å². The molecule has 0 amide bonds. The van der Waals surface area contributed by atoms with E-state index in [0.29, 0.717) is 5.41 Å². The van der Waals surface area contributed by atoms with Gasteiger partial charge in [0.05, 0.1) is 0 Å². The normalized spacial score (nSPS) is 18.6. The summed E-state index contributed by atoms with van der Waals surface area (Å²) in [4.78, 5) is 5.00. The molecule has 2 aliphatic rings. The van der Waals surface area contributed by atoms with Crippen molar-refractivity contribution in [1.82, 2.24) is 4.98 Å². The fraction of sp³-hybridized carbons (Fsp3) is 0.706. The van der Waals surface area contributed by atoms with Gasteiger partial charge in [-0.15, -0.1) is 0 Å². The number of fused-ring (bicyclic) bond motifs is 2. The van der Waals surface area contributed by atoms with Crippen LogP contribution >= 0.6 is 0 Å². The van der Waals surface area contributed by atoms with Gasteiger partial charge in [-0.25, -0.2) is 0 Å².